The third-order valence-corrected chi connectivity index (χ3v) is 8.09. The van der Waals surface area contributed by atoms with Gasteiger partial charge in [-0.2, -0.15) is 0 Å². The molecule has 1 atom stereocenters. The lowest BCUT2D eigenvalue weighted by atomic mass is 10.1. The van der Waals surface area contributed by atoms with Crippen molar-refractivity contribution in [1.29, 1.82) is 0 Å². The maximum atomic E-state index is 13.8. The van der Waals surface area contributed by atoms with Gasteiger partial charge < -0.3 is 10.2 Å². The Morgan fingerprint density at radius 2 is 1.50 bits per heavy atom. The molecule has 0 aliphatic rings. The highest BCUT2D eigenvalue weighted by Gasteiger charge is 2.32. The molecule has 38 heavy (non-hydrogen) atoms. The van der Waals surface area contributed by atoms with Crippen LogP contribution in [0.2, 0.25) is 5.02 Å². The van der Waals surface area contributed by atoms with Gasteiger partial charge in [-0.15, -0.1) is 0 Å². The van der Waals surface area contributed by atoms with Crippen molar-refractivity contribution in [2.24, 2.45) is 5.92 Å². The number of carbonyl (C=O) groups excluding carboxylic acids is 2. The van der Waals surface area contributed by atoms with E-state index in [1.165, 1.54) is 17.0 Å². The van der Waals surface area contributed by atoms with Crippen molar-refractivity contribution in [2.45, 2.75) is 45.2 Å². The summed E-state index contributed by atoms with van der Waals surface area (Å²) in [5.74, 6) is -0.571. The van der Waals surface area contributed by atoms with Gasteiger partial charge >= 0.3 is 0 Å². The third-order valence-electron chi connectivity index (χ3n) is 6.05. The molecule has 3 aromatic rings. The van der Waals surface area contributed by atoms with Gasteiger partial charge in [0.05, 0.1) is 10.6 Å². The van der Waals surface area contributed by atoms with E-state index in [0.29, 0.717) is 17.3 Å². The summed E-state index contributed by atoms with van der Waals surface area (Å²) < 4.78 is 28.6. The summed E-state index contributed by atoms with van der Waals surface area (Å²) >= 11 is 6.05. The molecular formula is C29H34ClN3O4S. The molecule has 0 radical (unpaired) electrons. The summed E-state index contributed by atoms with van der Waals surface area (Å²) in [6.45, 7) is 7.61. The summed E-state index contributed by atoms with van der Waals surface area (Å²) in [6, 6.07) is 21.2. The number of amides is 2. The van der Waals surface area contributed by atoms with Gasteiger partial charge in [0.2, 0.25) is 11.8 Å². The molecule has 1 unspecified atom stereocenters. The molecule has 0 aliphatic heterocycles. The highest BCUT2D eigenvalue weighted by molar-refractivity contribution is 7.92. The van der Waals surface area contributed by atoms with E-state index in [0.717, 1.165) is 15.4 Å². The summed E-state index contributed by atoms with van der Waals surface area (Å²) in [6.07, 6.45) is 0. The molecule has 1 N–H and O–H groups in total. The molecule has 0 saturated heterocycles. The number of hydrogen-bond acceptors (Lipinski definition) is 4. The van der Waals surface area contributed by atoms with Crippen LogP contribution in [0.5, 0.6) is 0 Å². The number of aryl methyl sites for hydroxylation is 1. The van der Waals surface area contributed by atoms with Gasteiger partial charge in [-0.1, -0.05) is 73.5 Å². The van der Waals surface area contributed by atoms with Crippen molar-refractivity contribution < 1.29 is 18.0 Å². The van der Waals surface area contributed by atoms with E-state index in [1.807, 2.05) is 51.1 Å². The first-order valence-corrected chi connectivity index (χ1v) is 14.3. The minimum atomic E-state index is -4.11. The Kier molecular flexibility index (Phi) is 9.94. The van der Waals surface area contributed by atoms with Gasteiger partial charge in [0.25, 0.3) is 10.0 Å². The average Bonchev–Trinajstić information content (AvgIpc) is 2.89. The molecule has 9 heteroatoms. The van der Waals surface area contributed by atoms with Gasteiger partial charge in [0.15, 0.2) is 0 Å². The average molecular weight is 556 g/mol. The smallest absolute Gasteiger partial charge is 0.264 e. The highest BCUT2D eigenvalue weighted by atomic mass is 35.5. The van der Waals surface area contributed by atoms with E-state index in [4.69, 9.17) is 11.6 Å². The number of sulfonamides is 1. The maximum Gasteiger partial charge on any atom is 0.264 e. The molecule has 0 bridgehead atoms. The zero-order valence-electron chi connectivity index (χ0n) is 22.1. The fourth-order valence-corrected chi connectivity index (χ4v) is 5.33. The molecule has 0 aliphatic carbocycles. The Bertz CT molecular complexity index is 1330. The Hall–Kier alpha value is -3.36. The topological polar surface area (TPSA) is 86.8 Å². The first-order valence-electron chi connectivity index (χ1n) is 12.4. The van der Waals surface area contributed by atoms with Gasteiger partial charge in [0.1, 0.15) is 12.6 Å². The number of benzene rings is 3. The Morgan fingerprint density at radius 1 is 0.895 bits per heavy atom. The predicted octanol–water partition coefficient (Wildman–Crippen LogP) is 5.03. The van der Waals surface area contributed by atoms with Crippen molar-refractivity contribution in [1.82, 2.24) is 10.2 Å². The van der Waals surface area contributed by atoms with E-state index >= 15 is 0 Å². The van der Waals surface area contributed by atoms with E-state index in [1.54, 1.807) is 43.3 Å². The van der Waals surface area contributed by atoms with E-state index in [9.17, 15) is 18.0 Å². The molecule has 3 aromatic carbocycles. The molecule has 7 nitrogen and oxygen atoms in total. The lowest BCUT2D eigenvalue weighted by molar-refractivity contribution is -0.139. The lowest BCUT2D eigenvalue weighted by Crippen LogP contribution is -2.51. The van der Waals surface area contributed by atoms with Crippen LogP contribution >= 0.6 is 11.6 Å². The number of nitrogens with one attached hydrogen (secondary N) is 1. The maximum absolute atomic E-state index is 13.8. The van der Waals surface area contributed by atoms with Gasteiger partial charge in [-0.25, -0.2) is 8.42 Å². The summed E-state index contributed by atoms with van der Waals surface area (Å²) in [5.41, 5.74) is 2.03. The largest absolute Gasteiger partial charge is 0.354 e. The highest BCUT2D eigenvalue weighted by Crippen LogP contribution is 2.26. The van der Waals surface area contributed by atoms with Gasteiger partial charge in [0, 0.05) is 18.1 Å². The van der Waals surface area contributed by atoms with Crippen LogP contribution in [0.1, 0.15) is 31.9 Å². The van der Waals surface area contributed by atoms with Gasteiger partial charge in [-0.3, -0.25) is 13.9 Å². The molecule has 0 heterocycles. The number of carbonyl (C=O) groups is 2. The Balaban J connectivity index is 1.99. The second-order valence-electron chi connectivity index (χ2n) is 9.62. The zero-order chi connectivity index (χ0) is 27.9. The van der Waals surface area contributed by atoms with Crippen LogP contribution in [-0.4, -0.2) is 44.3 Å². The fraction of sp³-hybridized carbons (Fsp3) is 0.310. The van der Waals surface area contributed by atoms with Crippen molar-refractivity contribution in [3.63, 3.8) is 0 Å². The monoisotopic (exact) mass is 555 g/mol. The standard InChI is InChI=1S/C29H34ClN3O4S/c1-21(2)18-31-29(35)23(4)32(19-24-8-6-5-7-9-24)28(34)20-33(26-14-12-25(30)13-15-26)38(36,37)27-16-10-22(3)11-17-27/h5-17,21,23H,18-20H2,1-4H3,(H,31,35). The summed E-state index contributed by atoms with van der Waals surface area (Å²) in [4.78, 5) is 28.3. The number of halogens is 1. The van der Waals surface area contributed by atoms with Crippen molar-refractivity contribution in [2.75, 3.05) is 17.4 Å². The van der Waals surface area contributed by atoms with Crippen molar-refractivity contribution in [3.8, 4) is 0 Å². The van der Waals surface area contributed by atoms with E-state index in [2.05, 4.69) is 5.32 Å². The first-order chi connectivity index (χ1) is 18.0. The molecule has 0 fully saturated rings. The van der Waals surface area contributed by atoms with Crippen LogP contribution < -0.4 is 9.62 Å². The van der Waals surface area contributed by atoms with Crippen LogP contribution in [0.25, 0.3) is 0 Å². The van der Waals surface area contributed by atoms with E-state index in [-0.39, 0.29) is 23.3 Å². The summed E-state index contributed by atoms with van der Waals surface area (Å²) in [7, 11) is -4.11. The zero-order valence-corrected chi connectivity index (χ0v) is 23.7. The molecule has 0 saturated carbocycles. The minimum Gasteiger partial charge on any atom is -0.354 e. The van der Waals surface area contributed by atoms with E-state index < -0.39 is 28.5 Å². The fourth-order valence-electron chi connectivity index (χ4n) is 3.79. The Morgan fingerprint density at radius 3 is 2.08 bits per heavy atom. The molecule has 0 aromatic heterocycles. The van der Waals surface area contributed by atoms with Crippen LogP contribution in [0, 0.1) is 12.8 Å². The van der Waals surface area contributed by atoms with Crippen LogP contribution in [0.15, 0.2) is 83.8 Å². The molecule has 2 amide bonds. The van der Waals surface area contributed by atoms with Crippen LogP contribution in [0.4, 0.5) is 5.69 Å². The number of rotatable bonds is 11. The number of nitrogens with zero attached hydrogens (tertiary/aromatic N) is 2. The predicted molar refractivity (Wildman–Crippen MR) is 151 cm³/mol. The van der Waals surface area contributed by atoms with Crippen molar-refractivity contribution in [3.05, 3.63) is 95.0 Å². The summed E-state index contributed by atoms with van der Waals surface area (Å²) in [5, 5.41) is 3.32. The lowest BCUT2D eigenvalue weighted by Gasteiger charge is -2.32. The first kappa shape index (κ1) is 29.2. The van der Waals surface area contributed by atoms with Crippen LogP contribution in [-0.2, 0) is 26.2 Å². The molecule has 3 rings (SSSR count). The molecule has 202 valence electrons. The number of anilines is 1. The van der Waals surface area contributed by atoms with Gasteiger partial charge in [-0.05, 0) is 61.7 Å². The van der Waals surface area contributed by atoms with Crippen molar-refractivity contribution >= 4 is 39.1 Å². The second-order valence-corrected chi connectivity index (χ2v) is 11.9. The normalized spacial score (nSPS) is 12.2. The molecular weight excluding hydrogens is 522 g/mol. The quantitative estimate of drug-likeness (QED) is 0.359. The third kappa shape index (κ3) is 7.58. The molecule has 0 spiro atoms. The minimum absolute atomic E-state index is 0.0585. The SMILES string of the molecule is Cc1ccc(S(=O)(=O)N(CC(=O)N(Cc2ccccc2)C(C)C(=O)NCC(C)C)c2ccc(Cl)cc2)cc1. The second kappa shape index (κ2) is 12.9. The Labute approximate surface area is 230 Å². The number of hydrogen-bond donors (Lipinski definition) is 1. The van der Waals surface area contributed by atoms with Crippen LogP contribution in [0.3, 0.4) is 0 Å².